The summed E-state index contributed by atoms with van der Waals surface area (Å²) in [5.41, 5.74) is 7.77. The van der Waals surface area contributed by atoms with E-state index in [1.54, 1.807) is 0 Å². The molecule has 0 fully saturated rings. The first-order chi connectivity index (χ1) is 6.77. The molecule has 0 aliphatic heterocycles. The number of nitrogens with zero attached hydrogens (tertiary/aromatic N) is 1. The van der Waals surface area contributed by atoms with Crippen molar-refractivity contribution >= 4 is 11.4 Å². The second-order valence-corrected chi connectivity index (χ2v) is 3.58. The predicted octanol–water partition coefficient (Wildman–Crippen LogP) is 2.90. The summed E-state index contributed by atoms with van der Waals surface area (Å²) in [7, 11) is 0. The Morgan fingerprint density at radius 1 is 1.00 bits per heavy atom. The summed E-state index contributed by atoms with van der Waals surface area (Å²) >= 11 is 0. The summed E-state index contributed by atoms with van der Waals surface area (Å²) in [4.78, 5) is 2.40. The molecule has 0 bridgehead atoms. The Bertz CT molecular complexity index is 248. The Kier molecular flexibility index (Phi) is 4.30. The Labute approximate surface area is 86.7 Å². The smallest absolute Gasteiger partial charge is 0.0367 e. The van der Waals surface area contributed by atoms with Crippen molar-refractivity contribution in [1.82, 2.24) is 0 Å². The van der Waals surface area contributed by atoms with Crippen LogP contribution in [0.25, 0.3) is 0 Å². The van der Waals surface area contributed by atoms with Crippen LogP contribution in [-0.2, 0) is 0 Å². The van der Waals surface area contributed by atoms with Gasteiger partial charge >= 0.3 is 0 Å². The van der Waals surface area contributed by atoms with E-state index in [4.69, 9.17) is 5.73 Å². The highest BCUT2D eigenvalue weighted by atomic mass is 15.1. The Balaban J connectivity index is 2.71. The summed E-state index contributed by atoms with van der Waals surface area (Å²) in [6.07, 6.45) is 2.37. The summed E-state index contributed by atoms with van der Waals surface area (Å²) in [6, 6.07) is 8.13. The lowest BCUT2D eigenvalue weighted by molar-refractivity contribution is 0.745. The third-order valence-corrected chi connectivity index (χ3v) is 2.25. The largest absolute Gasteiger partial charge is 0.399 e. The van der Waals surface area contributed by atoms with Gasteiger partial charge in [-0.1, -0.05) is 13.8 Å². The fourth-order valence-electron chi connectivity index (χ4n) is 1.59. The molecule has 0 aliphatic rings. The second-order valence-electron chi connectivity index (χ2n) is 3.58. The van der Waals surface area contributed by atoms with E-state index in [0.29, 0.717) is 0 Å². The van der Waals surface area contributed by atoms with Crippen LogP contribution >= 0.6 is 0 Å². The molecule has 1 aromatic rings. The normalized spacial score (nSPS) is 10.1. The topological polar surface area (TPSA) is 29.3 Å². The van der Waals surface area contributed by atoms with Gasteiger partial charge in [-0.05, 0) is 37.1 Å². The number of hydrogen-bond donors (Lipinski definition) is 1. The van der Waals surface area contributed by atoms with E-state index in [9.17, 15) is 0 Å². The third kappa shape index (κ3) is 2.95. The number of nitrogen functional groups attached to an aromatic ring is 1. The number of nitrogens with two attached hydrogens (primary N) is 1. The minimum absolute atomic E-state index is 0.835. The maximum Gasteiger partial charge on any atom is 0.0367 e. The molecule has 1 rings (SSSR count). The highest BCUT2D eigenvalue weighted by Gasteiger charge is 2.02. The van der Waals surface area contributed by atoms with Crippen molar-refractivity contribution in [2.75, 3.05) is 23.7 Å². The van der Waals surface area contributed by atoms with Crippen molar-refractivity contribution in [2.24, 2.45) is 0 Å². The number of anilines is 2. The molecule has 0 aliphatic carbocycles. The zero-order valence-corrected chi connectivity index (χ0v) is 9.16. The van der Waals surface area contributed by atoms with E-state index >= 15 is 0 Å². The molecule has 0 amide bonds. The Morgan fingerprint density at radius 3 is 1.93 bits per heavy atom. The average molecular weight is 192 g/mol. The van der Waals surface area contributed by atoms with Gasteiger partial charge in [0.2, 0.25) is 0 Å². The lowest BCUT2D eigenvalue weighted by Crippen LogP contribution is -2.24. The minimum atomic E-state index is 0.835. The molecule has 14 heavy (non-hydrogen) atoms. The summed E-state index contributed by atoms with van der Waals surface area (Å²) < 4.78 is 0. The lowest BCUT2D eigenvalue weighted by atomic mass is 10.2. The van der Waals surface area contributed by atoms with E-state index in [1.165, 1.54) is 18.5 Å². The van der Waals surface area contributed by atoms with Crippen LogP contribution in [0.3, 0.4) is 0 Å². The summed E-state index contributed by atoms with van der Waals surface area (Å²) in [5, 5.41) is 0. The number of hydrogen-bond acceptors (Lipinski definition) is 2. The van der Waals surface area contributed by atoms with Gasteiger partial charge < -0.3 is 10.6 Å². The number of rotatable bonds is 5. The zero-order valence-electron chi connectivity index (χ0n) is 9.16. The highest BCUT2D eigenvalue weighted by Crippen LogP contribution is 2.16. The quantitative estimate of drug-likeness (QED) is 0.727. The summed E-state index contributed by atoms with van der Waals surface area (Å²) in [5.74, 6) is 0. The standard InChI is InChI=1S/C12H20N2/c1-3-9-14(10-4-2)12-7-5-11(13)6-8-12/h5-8H,3-4,9-10,13H2,1-2H3. The lowest BCUT2D eigenvalue weighted by Gasteiger charge is -2.23. The van der Waals surface area contributed by atoms with Crippen molar-refractivity contribution in [3.63, 3.8) is 0 Å². The van der Waals surface area contributed by atoms with Gasteiger partial charge in [0, 0.05) is 24.5 Å². The van der Waals surface area contributed by atoms with Crippen molar-refractivity contribution in [3.8, 4) is 0 Å². The molecule has 0 spiro atoms. The summed E-state index contributed by atoms with van der Waals surface area (Å²) in [6.45, 7) is 6.66. The minimum Gasteiger partial charge on any atom is -0.399 e. The Morgan fingerprint density at radius 2 is 1.50 bits per heavy atom. The van der Waals surface area contributed by atoms with Crippen LogP contribution < -0.4 is 10.6 Å². The van der Waals surface area contributed by atoms with Crippen LogP contribution in [0.2, 0.25) is 0 Å². The molecule has 0 atom stereocenters. The molecule has 0 aromatic heterocycles. The first-order valence-corrected chi connectivity index (χ1v) is 5.38. The van der Waals surface area contributed by atoms with E-state index in [1.807, 2.05) is 12.1 Å². The molecule has 0 saturated carbocycles. The molecule has 78 valence electrons. The van der Waals surface area contributed by atoms with Crippen molar-refractivity contribution < 1.29 is 0 Å². The maximum atomic E-state index is 5.66. The van der Waals surface area contributed by atoms with Crippen molar-refractivity contribution in [1.29, 1.82) is 0 Å². The van der Waals surface area contributed by atoms with Gasteiger partial charge in [0.25, 0.3) is 0 Å². The monoisotopic (exact) mass is 192 g/mol. The van der Waals surface area contributed by atoms with Crippen molar-refractivity contribution in [2.45, 2.75) is 26.7 Å². The van der Waals surface area contributed by atoms with Crippen molar-refractivity contribution in [3.05, 3.63) is 24.3 Å². The molecular formula is C12H20N2. The first-order valence-electron chi connectivity index (χ1n) is 5.38. The second kappa shape index (κ2) is 5.53. The van der Waals surface area contributed by atoms with Gasteiger partial charge in [0.15, 0.2) is 0 Å². The van der Waals surface area contributed by atoms with Crippen LogP contribution in [0.4, 0.5) is 11.4 Å². The van der Waals surface area contributed by atoms with E-state index in [0.717, 1.165) is 18.8 Å². The SMILES string of the molecule is CCCN(CCC)c1ccc(N)cc1. The highest BCUT2D eigenvalue weighted by molar-refractivity contribution is 5.52. The number of benzene rings is 1. The molecule has 0 radical (unpaired) electrons. The van der Waals surface area contributed by atoms with Gasteiger partial charge in [-0.15, -0.1) is 0 Å². The van der Waals surface area contributed by atoms with E-state index in [-0.39, 0.29) is 0 Å². The molecule has 1 aromatic carbocycles. The molecule has 2 heteroatoms. The van der Waals surface area contributed by atoms with Gasteiger partial charge in [0.05, 0.1) is 0 Å². The van der Waals surface area contributed by atoms with Gasteiger partial charge in [-0.2, -0.15) is 0 Å². The van der Waals surface area contributed by atoms with E-state index in [2.05, 4.69) is 30.9 Å². The molecule has 0 heterocycles. The van der Waals surface area contributed by atoms with Crippen LogP contribution in [0.5, 0.6) is 0 Å². The third-order valence-electron chi connectivity index (χ3n) is 2.25. The maximum absolute atomic E-state index is 5.66. The van der Waals surface area contributed by atoms with Crippen LogP contribution in [0.15, 0.2) is 24.3 Å². The predicted molar refractivity (Wildman–Crippen MR) is 63.6 cm³/mol. The molecule has 0 saturated heterocycles. The zero-order chi connectivity index (χ0) is 10.4. The van der Waals surface area contributed by atoms with Gasteiger partial charge in [-0.25, -0.2) is 0 Å². The molecule has 2 N–H and O–H groups in total. The van der Waals surface area contributed by atoms with E-state index < -0.39 is 0 Å². The Hall–Kier alpha value is -1.18. The first kappa shape index (κ1) is 10.9. The van der Waals surface area contributed by atoms with Gasteiger partial charge in [0.1, 0.15) is 0 Å². The van der Waals surface area contributed by atoms with Gasteiger partial charge in [-0.3, -0.25) is 0 Å². The average Bonchev–Trinajstić information content (AvgIpc) is 2.19. The molecule has 0 unspecified atom stereocenters. The van der Waals surface area contributed by atoms with Crippen LogP contribution in [0, 0.1) is 0 Å². The van der Waals surface area contributed by atoms with Crippen LogP contribution in [0.1, 0.15) is 26.7 Å². The fourth-order valence-corrected chi connectivity index (χ4v) is 1.59. The van der Waals surface area contributed by atoms with Crippen LogP contribution in [-0.4, -0.2) is 13.1 Å². The molecule has 2 nitrogen and oxygen atoms in total. The molecular weight excluding hydrogens is 172 g/mol. The fraction of sp³-hybridized carbons (Fsp3) is 0.500.